The summed E-state index contributed by atoms with van der Waals surface area (Å²) in [5, 5.41) is 6.52. The largest absolute Gasteiger partial charge is 0.317 e. The molecule has 0 aromatic rings. The summed E-state index contributed by atoms with van der Waals surface area (Å²) in [5.74, 6) is 0.321. The van der Waals surface area contributed by atoms with Gasteiger partial charge in [0.05, 0.1) is 6.04 Å². The minimum atomic E-state index is -0.235. The molecular formula is C23H44N2O3. The number of rotatable bonds is 21. The first-order chi connectivity index (χ1) is 13.5. The molecule has 0 radical (unpaired) electrons. The van der Waals surface area contributed by atoms with Gasteiger partial charge >= 0.3 is 0 Å². The molecule has 1 unspecified atom stereocenters. The number of hydrogen-bond donors (Lipinski definition) is 2. The Morgan fingerprint density at radius 3 is 1.96 bits per heavy atom. The van der Waals surface area contributed by atoms with Gasteiger partial charge in [-0.15, -0.1) is 0 Å². The Kier molecular flexibility index (Phi) is 18.5. The summed E-state index contributed by atoms with van der Waals surface area (Å²) in [5.41, 5.74) is 0. The summed E-state index contributed by atoms with van der Waals surface area (Å²) in [7, 11) is 1.78. The third kappa shape index (κ3) is 17.1. The molecule has 0 bridgehead atoms. The van der Waals surface area contributed by atoms with Crippen molar-refractivity contribution in [1.29, 1.82) is 0 Å². The molecule has 0 aliphatic carbocycles. The zero-order chi connectivity index (χ0) is 21.0. The maximum absolute atomic E-state index is 12.3. The van der Waals surface area contributed by atoms with Crippen LogP contribution in [0.15, 0.2) is 0 Å². The summed E-state index contributed by atoms with van der Waals surface area (Å²) < 4.78 is 0. The molecule has 0 heterocycles. The molecule has 5 heteroatoms. The van der Waals surface area contributed by atoms with Crippen LogP contribution in [0.4, 0.5) is 0 Å². The van der Waals surface area contributed by atoms with Gasteiger partial charge in [-0.05, 0) is 52.7 Å². The first kappa shape index (κ1) is 26.9. The van der Waals surface area contributed by atoms with Crippen LogP contribution in [0, 0.1) is 0 Å². The van der Waals surface area contributed by atoms with Crippen LogP contribution < -0.4 is 10.6 Å². The maximum Gasteiger partial charge on any atom is 0.149 e. The lowest BCUT2D eigenvalue weighted by molar-refractivity contribution is -0.124. The number of ketones is 3. The highest BCUT2D eigenvalue weighted by molar-refractivity contribution is 5.87. The molecular weight excluding hydrogens is 352 g/mol. The number of hydrogen-bond acceptors (Lipinski definition) is 5. The molecule has 0 saturated carbocycles. The fraction of sp³-hybridized carbons (Fsp3) is 0.870. The van der Waals surface area contributed by atoms with E-state index in [1.54, 1.807) is 7.05 Å². The van der Waals surface area contributed by atoms with E-state index in [9.17, 15) is 14.4 Å². The Labute approximate surface area is 172 Å². The fourth-order valence-electron chi connectivity index (χ4n) is 3.25. The van der Waals surface area contributed by atoms with Crippen molar-refractivity contribution >= 4 is 17.3 Å². The van der Waals surface area contributed by atoms with E-state index >= 15 is 0 Å². The van der Waals surface area contributed by atoms with Crippen molar-refractivity contribution in [2.75, 3.05) is 20.1 Å². The van der Waals surface area contributed by atoms with E-state index in [2.05, 4.69) is 17.6 Å². The molecule has 0 spiro atoms. The van der Waals surface area contributed by atoms with Crippen LogP contribution in [0.3, 0.4) is 0 Å². The van der Waals surface area contributed by atoms with E-state index in [0.29, 0.717) is 32.1 Å². The molecule has 2 N–H and O–H groups in total. The van der Waals surface area contributed by atoms with Crippen LogP contribution in [-0.4, -0.2) is 43.5 Å². The Morgan fingerprint density at radius 1 is 0.750 bits per heavy atom. The van der Waals surface area contributed by atoms with E-state index < -0.39 is 0 Å². The van der Waals surface area contributed by atoms with Gasteiger partial charge in [-0.1, -0.05) is 45.4 Å². The molecule has 0 amide bonds. The molecule has 0 fully saturated rings. The fourth-order valence-corrected chi connectivity index (χ4v) is 3.25. The van der Waals surface area contributed by atoms with Crippen molar-refractivity contribution in [2.45, 2.75) is 110 Å². The van der Waals surface area contributed by atoms with Gasteiger partial charge in [0.25, 0.3) is 0 Å². The molecule has 0 aliphatic heterocycles. The zero-order valence-electron chi connectivity index (χ0n) is 18.6. The van der Waals surface area contributed by atoms with Crippen LogP contribution in [0.1, 0.15) is 104 Å². The van der Waals surface area contributed by atoms with E-state index in [1.807, 2.05) is 0 Å². The molecule has 0 aromatic carbocycles. The topological polar surface area (TPSA) is 75.3 Å². The van der Waals surface area contributed by atoms with Crippen molar-refractivity contribution in [3.63, 3.8) is 0 Å². The Hall–Kier alpha value is -1.07. The van der Waals surface area contributed by atoms with Gasteiger partial charge in [-0.3, -0.25) is 9.59 Å². The lowest BCUT2D eigenvalue weighted by Gasteiger charge is -2.14. The summed E-state index contributed by atoms with van der Waals surface area (Å²) in [6, 6.07) is -0.235. The van der Waals surface area contributed by atoms with E-state index in [4.69, 9.17) is 0 Å². The lowest BCUT2D eigenvalue weighted by atomic mass is 9.98. The van der Waals surface area contributed by atoms with Crippen molar-refractivity contribution in [3.05, 3.63) is 0 Å². The van der Waals surface area contributed by atoms with Gasteiger partial charge in [0.1, 0.15) is 17.3 Å². The van der Waals surface area contributed by atoms with Crippen LogP contribution in [0.2, 0.25) is 0 Å². The average Bonchev–Trinajstić information content (AvgIpc) is 2.67. The number of likely N-dealkylation sites (N-methyl/N-ethyl adjacent to an activating group) is 1. The minimum Gasteiger partial charge on any atom is -0.317 e. The Balaban J connectivity index is 3.61. The summed E-state index contributed by atoms with van der Waals surface area (Å²) in [6.45, 7) is 5.99. The standard InChI is InChI=1S/C23H44N2O3/c1-4-5-18-25-19-12-10-8-6-7-9-11-13-23(28)22(24-3)17-16-21(27)15-14-20(2)26/h22,24-25H,4-19H2,1-3H3. The van der Waals surface area contributed by atoms with Gasteiger partial charge in [0.15, 0.2) is 0 Å². The number of unbranched alkanes of at least 4 members (excludes halogenated alkanes) is 7. The second kappa shape index (κ2) is 19.3. The van der Waals surface area contributed by atoms with Crippen molar-refractivity contribution < 1.29 is 14.4 Å². The quantitative estimate of drug-likeness (QED) is 0.282. The Bertz CT molecular complexity index is 424. The van der Waals surface area contributed by atoms with Crippen LogP contribution in [0.5, 0.6) is 0 Å². The minimum absolute atomic E-state index is 0.0400. The average molecular weight is 397 g/mol. The number of carbonyl (C=O) groups is 3. The molecule has 0 rings (SSSR count). The summed E-state index contributed by atoms with van der Waals surface area (Å²) in [4.78, 5) is 35.0. The lowest BCUT2D eigenvalue weighted by Crippen LogP contribution is -2.34. The second-order valence-corrected chi connectivity index (χ2v) is 7.92. The zero-order valence-corrected chi connectivity index (χ0v) is 18.6. The number of Topliss-reactive ketones (excluding diaryl/α,β-unsaturated/α-hetero) is 3. The first-order valence-electron chi connectivity index (χ1n) is 11.4. The number of nitrogens with one attached hydrogen (secondary N) is 2. The first-order valence-corrected chi connectivity index (χ1v) is 11.4. The van der Waals surface area contributed by atoms with Gasteiger partial charge in [-0.2, -0.15) is 0 Å². The highest BCUT2D eigenvalue weighted by atomic mass is 16.1. The highest BCUT2D eigenvalue weighted by Gasteiger charge is 2.17. The molecule has 0 aliphatic rings. The normalized spacial score (nSPS) is 12.1. The van der Waals surface area contributed by atoms with E-state index in [-0.39, 0.29) is 23.4 Å². The summed E-state index contributed by atoms with van der Waals surface area (Å²) in [6.07, 6.45) is 13.0. The van der Waals surface area contributed by atoms with Gasteiger partial charge in [-0.25, -0.2) is 0 Å². The molecule has 164 valence electrons. The van der Waals surface area contributed by atoms with Gasteiger partial charge in [0, 0.05) is 25.7 Å². The van der Waals surface area contributed by atoms with Crippen molar-refractivity contribution in [3.8, 4) is 0 Å². The molecule has 0 saturated heterocycles. The van der Waals surface area contributed by atoms with Crippen molar-refractivity contribution in [2.24, 2.45) is 0 Å². The molecule has 28 heavy (non-hydrogen) atoms. The molecule has 0 aromatic heterocycles. The monoisotopic (exact) mass is 396 g/mol. The van der Waals surface area contributed by atoms with Crippen LogP contribution in [-0.2, 0) is 14.4 Å². The third-order valence-corrected chi connectivity index (χ3v) is 5.19. The highest BCUT2D eigenvalue weighted by Crippen LogP contribution is 2.11. The van der Waals surface area contributed by atoms with Crippen LogP contribution in [0.25, 0.3) is 0 Å². The predicted octanol–water partition coefficient (Wildman–Crippen LogP) is 4.37. The smallest absolute Gasteiger partial charge is 0.149 e. The Morgan fingerprint density at radius 2 is 1.36 bits per heavy atom. The predicted molar refractivity (Wildman–Crippen MR) is 117 cm³/mol. The maximum atomic E-state index is 12.3. The summed E-state index contributed by atoms with van der Waals surface area (Å²) >= 11 is 0. The van der Waals surface area contributed by atoms with E-state index in [1.165, 1.54) is 51.9 Å². The number of carbonyl (C=O) groups excluding carboxylic acids is 3. The van der Waals surface area contributed by atoms with Crippen LogP contribution >= 0.6 is 0 Å². The molecule has 5 nitrogen and oxygen atoms in total. The van der Waals surface area contributed by atoms with Gasteiger partial charge < -0.3 is 15.4 Å². The SMILES string of the molecule is CCCCNCCCCCCCCCC(=O)C(CCC(=O)CCC(C)=O)NC. The van der Waals surface area contributed by atoms with E-state index in [0.717, 1.165) is 25.9 Å². The van der Waals surface area contributed by atoms with Crippen molar-refractivity contribution in [1.82, 2.24) is 10.6 Å². The third-order valence-electron chi connectivity index (χ3n) is 5.19. The van der Waals surface area contributed by atoms with Gasteiger partial charge in [0.2, 0.25) is 0 Å². The molecule has 1 atom stereocenters. The second-order valence-electron chi connectivity index (χ2n) is 7.92.